The number of nitrogens with one attached hydrogen (secondary N) is 1. The van der Waals surface area contributed by atoms with Crippen LogP contribution in [-0.4, -0.2) is 33.3 Å². The quantitative estimate of drug-likeness (QED) is 0.563. The maximum atomic E-state index is 10.1. The Morgan fingerprint density at radius 3 is 2.71 bits per heavy atom. The fourth-order valence-electron chi connectivity index (χ4n) is 2.22. The molecule has 6 nitrogen and oxygen atoms in total. The summed E-state index contributed by atoms with van der Waals surface area (Å²) in [5, 5.41) is 21.4. The second kappa shape index (κ2) is 6.67. The molecule has 0 aliphatic carbocycles. The van der Waals surface area contributed by atoms with Crippen molar-refractivity contribution in [1.82, 2.24) is 14.9 Å². The molecule has 24 heavy (non-hydrogen) atoms. The number of methoxy groups -OCH3 is 1. The van der Waals surface area contributed by atoms with Crippen molar-refractivity contribution in [2.45, 2.75) is 6.92 Å². The van der Waals surface area contributed by atoms with Crippen molar-refractivity contribution in [1.29, 1.82) is 0 Å². The van der Waals surface area contributed by atoms with Crippen molar-refractivity contribution < 1.29 is 9.84 Å². The molecule has 1 aromatic heterocycles. The minimum Gasteiger partial charge on any atom is -0.504 e. The molecule has 0 bridgehead atoms. The van der Waals surface area contributed by atoms with Gasteiger partial charge < -0.3 is 9.84 Å². The van der Waals surface area contributed by atoms with Gasteiger partial charge in [0.2, 0.25) is 4.77 Å². The van der Waals surface area contributed by atoms with Gasteiger partial charge in [0.1, 0.15) is 0 Å². The second-order valence-corrected chi connectivity index (χ2v) is 5.56. The van der Waals surface area contributed by atoms with Crippen LogP contribution in [0.15, 0.2) is 47.6 Å². The lowest BCUT2D eigenvalue weighted by Crippen LogP contribution is -1.96. The van der Waals surface area contributed by atoms with Gasteiger partial charge in [-0.2, -0.15) is 14.9 Å². The van der Waals surface area contributed by atoms with Crippen LogP contribution in [0, 0.1) is 11.7 Å². The van der Waals surface area contributed by atoms with E-state index in [9.17, 15) is 5.11 Å². The number of para-hydroxylation sites is 1. The number of aromatic amines is 1. The zero-order valence-corrected chi connectivity index (χ0v) is 14.0. The predicted molar refractivity (Wildman–Crippen MR) is 95.2 cm³/mol. The third-order valence-electron chi connectivity index (χ3n) is 3.52. The molecule has 0 amide bonds. The molecule has 0 radical (unpaired) electrons. The molecule has 7 heteroatoms. The molecule has 0 aliphatic heterocycles. The molecule has 0 fully saturated rings. The van der Waals surface area contributed by atoms with Crippen LogP contribution in [-0.2, 0) is 0 Å². The van der Waals surface area contributed by atoms with Gasteiger partial charge in [-0.15, -0.1) is 0 Å². The van der Waals surface area contributed by atoms with E-state index in [-0.39, 0.29) is 5.75 Å². The van der Waals surface area contributed by atoms with Crippen LogP contribution in [0.2, 0.25) is 0 Å². The van der Waals surface area contributed by atoms with Crippen molar-refractivity contribution in [2.24, 2.45) is 5.10 Å². The number of hydrogen-bond donors (Lipinski definition) is 2. The molecule has 0 unspecified atom stereocenters. The van der Waals surface area contributed by atoms with Crippen molar-refractivity contribution in [2.75, 3.05) is 7.11 Å². The first-order valence-electron chi connectivity index (χ1n) is 7.25. The summed E-state index contributed by atoms with van der Waals surface area (Å²) in [5.41, 5.74) is 2.57. The van der Waals surface area contributed by atoms with E-state index in [1.165, 1.54) is 18.0 Å². The van der Waals surface area contributed by atoms with Gasteiger partial charge in [0.25, 0.3) is 0 Å². The van der Waals surface area contributed by atoms with Gasteiger partial charge in [0.05, 0.1) is 13.3 Å². The molecule has 0 saturated carbocycles. The molecular formula is C17H16N4O2S. The molecule has 0 aliphatic rings. The first-order chi connectivity index (χ1) is 11.6. The van der Waals surface area contributed by atoms with Gasteiger partial charge in [-0.3, -0.25) is 0 Å². The number of aromatic hydroxyl groups is 1. The van der Waals surface area contributed by atoms with Crippen LogP contribution in [0.3, 0.4) is 0 Å². The Hall–Kier alpha value is -2.93. The van der Waals surface area contributed by atoms with Crippen LogP contribution in [0.1, 0.15) is 11.1 Å². The SMILES string of the molecule is COc1cccc(/C=N\n2c(-c3ccc(C)cc3)n[nH]c2=S)c1O. The summed E-state index contributed by atoms with van der Waals surface area (Å²) in [4.78, 5) is 0. The highest BCUT2D eigenvalue weighted by atomic mass is 32.1. The lowest BCUT2D eigenvalue weighted by molar-refractivity contribution is 0.373. The Kier molecular flexibility index (Phi) is 4.43. The minimum atomic E-state index is 0.0237. The zero-order chi connectivity index (χ0) is 17.1. The van der Waals surface area contributed by atoms with E-state index in [0.29, 0.717) is 21.9 Å². The van der Waals surface area contributed by atoms with Gasteiger partial charge in [-0.25, -0.2) is 5.10 Å². The van der Waals surface area contributed by atoms with Gasteiger partial charge in [0.15, 0.2) is 17.3 Å². The topological polar surface area (TPSA) is 75.4 Å². The summed E-state index contributed by atoms with van der Waals surface area (Å²) < 4.78 is 6.97. The largest absolute Gasteiger partial charge is 0.504 e. The molecule has 1 heterocycles. The number of H-pyrrole nitrogens is 1. The summed E-state index contributed by atoms with van der Waals surface area (Å²) in [6.07, 6.45) is 1.51. The summed E-state index contributed by atoms with van der Waals surface area (Å²) in [7, 11) is 1.50. The maximum Gasteiger partial charge on any atom is 0.216 e. The fraction of sp³-hybridized carbons (Fsp3) is 0.118. The second-order valence-electron chi connectivity index (χ2n) is 5.17. The summed E-state index contributed by atoms with van der Waals surface area (Å²) >= 11 is 5.24. The normalized spacial score (nSPS) is 11.1. The standard InChI is InChI=1S/C17H16N4O2S/c1-11-6-8-12(9-7-11)16-19-20-17(24)21(16)18-10-13-4-3-5-14(23-2)15(13)22/h3-10,22H,1-2H3,(H,20,24)/b18-10-. The highest BCUT2D eigenvalue weighted by Crippen LogP contribution is 2.28. The maximum absolute atomic E-state index is 10.1. The Balaban J connectivity index is 2.01. The molecule has 0 atom stereocenters. The number of rotatable bonds is 4. The van der Waals surface area contributed by atoms with Gasteiger partial charge in [-0.05, 0) is 31.3 Å². The first kappa shape index (κ1) is 15.9. The Morgan fingerprint density at radius 1 is 1.25 bits per heavy atom. The zero-order valence-electron chi connectivity index (χ0n) is 13.2. The molecule has 0 saturated heterocycles. The third-order valence-corrected chi connectivity index (χ3v) is 3.79. The Bertz CT molecular complexity index is 942. The van der Waals surface area contributed by atoms with Crippen LogP contribution in [0.25, 0.3) is 11.4 Å². The Morgan fingerprint density at radius 2 is 2.00 bits per heavy atom. The van der Waals surface area contributed by atoms with Crippen LogP contribution >= 0.6 is 12.2 Å². The summed E-state index contributed by atoms with van der Waals surface area (Å²) in [6.45, 7) is 2.02. The fourth-order valence-corrected chi connectivity index (χ4v) is 2.40. The number of aromatic nitrogens is 3. The first-order valence-corrected chi connectivity index (χ1v) is 7.66. The van der Waals surface area contributed by atoms with Crippen molar-refractivity contribution >= 4 is 18.4 Å². The number of nitrogens with zero attached hydrogens (tertiary/aromatic N) is 3. The van der Waals surface area contributed by atoms with Crippen LogP contribution < -0.4 is 4.74 Å². The van der Waals surface area contributed by atoms with Gasteiger partial charge in [-0.1, -0.05) is 35.9 Å². The van der Waals surface area contributed by atoms with Gasteiger partial charge >= 0.3 is 0 Å². The predicted octanol–water partition coefficient (Wildman–Crippen LogP) is 3.51. The molecule has 2 aromatic carbocycles. The van der Waals surface area contributed by atoms with Crippen LogP contribution in [0.4, 0.5) is 0 Å². The van der Waals surface area contributed by atoms with Crippen molar-refractivity contribution in [3.8, 4) is 22.9 Å². The summed E-state index contributed by atoms with van der Waals surface area (Å²) in [5.74, 6) is 1.00. The average Bonchev–Trinajstić information content (AvgIpc) is 2.95. The summed E-state index contributed by atoms with van der Waals surface area (Å²) in [6, 6.07) is 13.1. The van der Waals surface area contributed by atoms with E-state index >= 15 is 0 Å². The van der Waals surface area contributed by atoms with Crippen molar-refractivity contribution in [3.63, 3.8) is 0 Å². The highest BCUT2D eigenvalue weighted by molar-refractivity contribution is 7.71. The molecule has 0 spiro atoms. The third kappa shape index (κ3) is 3.07. The van der Waals surface area contributed by atoms with E-state index in [1.54, 1.807) is 18.2 Å². The molecule has 122 valence electrons. The number of hydrogen-bond acceptors (Lipinski definition) is 5. The van der Waals surface area contributed by atoms with Crippen LogP contribution in [0.5, 0.6) is 11.5 Å². The smallest absolute Gasteiger partial charge is 0.216 e. The monoisotopic (exact) mass is 340 g/mol. The lowest BCUT2D eigenvalue weighted by Gasteiger charge is -2.05. The van der Waals surface area contributed by atoms with E-state index < -0.39 is 0 Å². The van der Waals surface area contributed by atoms with Crippen molar-refractivity contribution in [3.05, 3.63) is 58.4 Å². The molecular weight excluding hydrogens is 324 g/mol. The van der Waals surface area contributed by atoms with E-state index in [2.05, 4.69) is 15.3 Å². The average molecular weight is 340 g/mol. The lowest BCUT2D eigenvalue weighted by atomic mass is 10.1. The molecule has 3 aromatic rings. The number of ether oxygens (including phenoxy) is 1. The van der Waals surface area contributed by atoms with E-state index in [0.717, 1.165) is 11.1 Å². The Labute approximate surface area is 144 Å². The molecule has 2 N–H and O–H groups in total. The van der Waals surface area contributed by atoms with Gasteiger partial charge in [0, 0.05) is 11.1 Å². The number of phenols is 1. The number of phenolic OH excluding ortho intramolecular Hbond substituents is 1. The minimum absolute atomic E-state index is 0.0237. The highest BCUT2D eigenvalue weighted by Gasteiger charge is 2.09. The van der Waals surface area contributed by atoms with E-state index in [1.807, 2.05) is 31.2 Å². The number of aryl methyl sites for hydroxylation is 1. The molecule has 3 rings (SSSR count). The van der Waals surface area contributed by atoms with E-state index in [4.69, 9.17) is 17.0 Å². The number of benzene rings is 2.